The van der Waals surface area contributed by atoms with Crippen LogP contribution in [0.4, 0.5) is 0 Å². The average molecular weight is 234 g/mol. The molecule has 0 aromatic carbocycles. The summed E-state index contributed by atoms with van der Waals surface area (Å²) in [7, 11) is 0. The Morgan fingerprint density at radius 1 is 1.56 bits per heavy atom. The second-order valence-electron chi connectivity index (χ2n) is 3.84. The summed E-state index contributed by atoms with van der Waals surface area (Å²) in [5, 5.41) is 10.6. The fourth-order valence-electron chi connectivity index (χ4n) is 1.41. The Morgan fingerprint density at radius 3 is 3.12 bits per heavy atom. The van der Waals surface area contributed by atoms with Gasteiger partial charge in [-0.15, -0.1) is 0 Å². The van der Waals surface area contributed by atoms with Crippen LogP contribution in [0.3, 0.4) is 0 Å². The topological polar surface area (TPSA) is 55.1 Å². The number of rotatable bonds is 3. The van der Waals surface area contributed by atoms with Gasteiger partial charge in [0.15, 0.2) is 11.5 Å². The van der Waals surface area contributed by atoms with E-state index in [1.165, 1.54) is 0 Å². The Bertz CT molecular complexity index is 500. The fraction of sp³-hybridized carbons (Fsp3) is 0.273. The van der Waals surface area contributed by atoms with Crippen molar-refractivity contribution in [3.05, 3.63) is 28.6 Å². The molecule has 0 atom stereocenters. The van der Waals surface area contributed by atoms with Gasteiger partial charge in [-0.25, -0.2) is 0 Å². The van der Waals surface area contributed by atoms with Crippen LogP contribution in [0, 0.1) is 0 Å². The van der Waals surface area contributed by atoms with E-state index >= 15 is 0 Å². The molecular formula is C11H10N2O2S. The maximum atomic E-state index is 11.6. The van der Waals surface area contributed by atoms with E-state index in [-0.39, 0.29) is 5.91 Å². The highest BCUT2D eigenvalue weighted by Gasteiger charge is 2.25. The summed E-state index contributed by atoms with van der Waals surface area (Å²) < 4.78 is 5.13. The summed E-state index contributed by atoms with van der Waals surface area (Å²) in [6.45, 7) is 0. The van der Waals surface area contributed by atoms with Gasteiger partial charge in [-0.05, 0) is 24.3 Å². The van der Waals surface area contributed by atoms with E-state index in [0.717, 1.165) is 18.4 Å². The van der Waals surface area contributed by atoms with E-state index in [1.54, 1.807) is 17.4 Å². The third kappa shape index (κ3) is 1.86. The van der Waals surface area contributed by atoms with E-state index < -0.39 is 0 Å². The zero-order valence-electron chi connectivity index (χ0n) is 8.47. The molecule has 82 valence electrons. The second kappa shape index (κ2) is 3.75. The van der Waals surface area contributed by atoms with Gasteiger partial charge in [-0.2, -0.15) is 11.3 Å². The lowest BCUT2D eigenvalue weighted by atomic mass is 10.2. The van der Waals surface area contributed by atoms with Crippen molar-refractivity contribution in [2.75, 3.05) is 0 Å². The Hall–Kier alpha value is -1.62. The van der Waals surface area contributed by atoms with Gasteiger partial charge in [0.2, 0.25) is 0 Å². The van der Waals surface area contributed by atoms with E-state index in [1.807, 2.05) is 16.8 Å². The van der Waals surface area contributed by atoms with Crippen LogP contribution in [-0.4, -0.2) is 17.1 Å². The molecule has 0 bridgehead atoms. The molecule has 2 aromatic heterocycles. The molecule has 1 N–H and O–H groups in total. The van der Waals surface area contributed by atoms with Crippen LogP contribution in [0.25, 0.3) is 11.3 Å². The Labute approximate surface area is 96.3 Å². The number of amides is 1. The lowest BCUT2D eigenvalue weighted by molar-refractivity contribution is 0.0942. The zero-order chi connectivity index (χ0) is 11.0. The first-order chi connectivity index (χ1) is 7.83. The molecule has 4 nitrogen and oxygen atoms in total. The molecule has 1 fully saturated rings. The summed E-state index contributed by atoms with van der Waals surface area (Å²) in [6.07, 6.45) is 2.14. The maximum absolute atomic E-state index is 11.6. The third-order valence-electron chi connectivity index (χ3n) is 2.46. The van der Waals surface area contributed by atoms with Crippen LogP contribution < -0.4 is 5.32 Å². The van der Waals surface area contributed by atoms with Crippen LogP contribution in [0.2, 0.25) is 0 Å². The lowest BCUT2D eigenvalue weighted by Crippen LogP contribution is -2.25. The molecule has 2 heterocycles. The smallest absolute Gasteiger partial charge is 0.273 e. The summed E-state index contributed by atoms with van der Waals surface area (Å²) >= 11 is 1.58. The van der Waals surface area contributed by atoms with Crippen molar-refractivity contribution in [1.82, 2.24) is 10.5 Å². The van der Waals surface area contributed by atoms with E-state index in [2.05, 4.69) is 10.5 Å². The normalized spacial score (nSPS) is 15.0. The highest BCUT2D eigenvalue weighted by molar-refractivity contribution is 7.08. The standard InChI is InChI=1S/C11H10N2O2S/c14-11(12-8-1-2-8)9-5-10(15-13-9)7-3-4-16-6-7/h3-6,8H,1-2H2,(H,12,14). The first-order valence-corrected chi connectivity index (χ1v) is 6.07. The minimum absolute atomic E-state index is 0.146. The Morgan fingerprint density at radius 2 is 2.44 bits per heavy atom. The minimum atomic E-state index is -0.146. The van der Waals surface area contributed by atoms with Gasteiger partial charge >= 0.3 is 0 Å². The van der Waals surface area contributed by atoms with E-state index in [0.29, 0.717) is 17.5 Å². The highest BCUT2D eigenvalue weighted by Crippen LogP contribution is 2.23. The van der Waals surface area contributed by atoms with Crippen molar-refractivity contribution < 1.29 is 9.32 Å². The molecular weight excluding hydrogens is 224 g/mol. The number of hydrogen-bond donors (Lipinski definition) is 1. The molecule has 1 aliphatic carbocycles. The van der Waals surface area contributed by atoms with Crippen molar-refractivity contribution >= 4 is 17.2 Å². The number of nitrogens with one attached hydrogen (secondary N) is 1. The van der Waals surface area contributed by atoms with Gasteiger partial charge in [0.05, 0.1) is 0 Å². The van der Waals surface area contributed by atoms with Gasteiger partial charge in [0.1, 0.15) is 0 Å². The van der Waals surface area contributed by atoms with Crippen molar-refractivity contribution in [2.24, 2.45) is 0 Å². The first-order valence-electron chi connectivity index (χ1n) is 5.13. The highest BCUT2D eigenvalue weighted by atomic mass is 32.1. The van der Waals surface area contributed by atoms with E-state index in [4.69, 9.17) is 4.52 Å². The molecule has 0 unspecified atom stereocenters. The van der Waals surface area contributed by atoms with Gasteiger partial charge < -0.3 is 9.84 Å². The summed E-state index contributed by atoms with van der Waals surface area (Å²) in [4.78, 5) is 11.6. The molecule has 1 saturated carbocycles. The molecule has 0 aliphatic heterocycles. The molecule has 5 heteroatoms. The van der Waals surface area contributed by atoms with Crippen molar-refractivity contribution in [1.29, 1.82) is 0 Å². The molecule has 0 radical (unpaired) electrons. The van der Waals surface area contributed by atoms with Crippen LogP contribution in [0.1, 0.15) is 23.3 Å². The molecule has 1 amide bonds. The van der Waals surface area contributed by atoms with Crippen molar-refractivity contribution in [3.8, 4) is 11.3 Å². The predicted octanol–water partition coefficient (Wildman–Crippen LogP) is 2.30. The molecule has 0 saturated heterocycles. The minimum Gasteiger partial charge on any atom is -0.355 e. The number of carbonyl (C=O) groups excluding carboxylic acids is 1. The average Bonchev–Trinajstić information content (AvgIpc) is 2.84. The largest absolute Gasteiger partial charge is 0.355 e. The number of nitrogens with zero attached hydrogens (tertiary/aromatic N) is 1. The molecule has 2 aromatic rings. The SMILES string of the molecule is O=C(NC1CC1)c1cc(-c2ccsc2)on1. The quantitative estimate of drug-likeness (QED) is 0.886. The molecule has 1 aliphatic rings. The van der Waals surface area contributed by atoms with E-state index in [9.17, 15) is 4.79 Å². The summed E-state index contributed by atoms with van der Waals surface area (Å²) in [5.41, 5.74) is 1.32. The van der Waals surface area contributed by atoms with Crippen LogP contribution in [0.5, 0.6) is 0 Å². The third-order valence-corrected chi connectivity index (χ3v) is 3.14. The van der Waals surface area contributed by atoms with Crippen LogP contribution in [-0.2, 0) is 0 Å². The number of aromatic nitrogens is 1. The summed E-state index contributed by atoms with van der Waals surface area (Å²) in [6, 6.07) is 3.96. The first kappa shape index (κ1) is 9.59. The monoisotopic (exact) mass is 234 g/mol. The van der Waals surface area contributed by atoms with Crippen molar-refractivity contribution in [3.63, 3.8) is 0 Å². The van der Waals surface area contributed by atoms with Gasteiger partial charge in [0, 0.05) is 23.1 Å². The van der Waals surface area contributed by atoms with Gasteiger partial charge in [0.25, 0.3) is 5.91 Å². The van der Waals surface area contributed by atoms with Gasteiger partial charge in [-0.1, -0.05) is 5.16 Å². The molecule has 0 spiro atoms. The number of hydrogen-bond acceptors (Lipinski definition) is 4. The lowest BCUT2D eigenvalue weighted by Gasteiger charge is -1.96. The van der Waals surface area contributed by atoms with Crippen LogP contribution in [0.15, 0.2) is 27.4 Å². The van der Waals surface area contributed by atoms with Crippen LogP contribution >= 0.6 is 11.3 Å². The van der Waals surface area contributed by atoms with Crippen molar-refractivity contribution in [2.45, 2.75) is 18.9 Å². The fourth-order valence-corrected chi connectivity index (χ4v) is 2.06. The molecule has 16 heavy (non-hydrogen) atoms. The number of thiophene rings is 1. The predicted molar refractivity (Wildman–Crippen MR) is 60.3 cm³/mol. The second-order valence-corrected chi connectivity index (χ2v) is 4.62. The molecule has 3 rings (SSSR count). The maximum Gasteiger partial charge on any atom is 0.273 e. The number of carbonyl (C=O) groups is 1. The Kier molecular flexibility index (Phi) is 2.25. The summed E-state index contributed by atoms with van der Waals surface area (Å²) in [5.74, 6) is 0.495. The van der Waals surface area contributed by atoms with Gasteiger partial charge in [-0.3, -0.25) is 4.79 Å². The zero-order valence-corrected chi connectivity index (χ0v) is 9.29. The Balaban J connectivity index is 1.79.